The first kappa shape index (κ1) is 19.3. The molecule has 0 atom stereocenters. The number of hydrogen-bond donors (Lipinski definition) is 1. The van der Waals surface area contributed by atoms with Gasteiger partial charge in [-0.25, -0.2) is 4.90 Å². The van der Waals surface area contributed by atoms with E-state index in [1.54, 1.807) is 68.8 Å². The normalized spacial score (nSPS) is 13.6. The maximum absolute atomic E-state index is 13.3. The first-order valence-electron chi connectivity index (χ1n) is 9.36. The lowest BCUT2D eigenvalue weighted by molar-refractivity contribution is -0.120. The lowest BCUT2D eigenvalue weighted by atomic mass is 10.0. The number of amides is 2. The molecule has 2 amide bonds. The molecule has 0 aromatic heterocycles. The fraction of sp³-hybridized carbons (Fsp3) is 0.0833. The fourth-order valence-electron chi connectivity index (χ4n) is 3.33. The summed E-state index contributed by atoms with van der Waals surface area (Å²) in [6, 6.07) is 23.1. The molecule has 0 spiro atoms. The minimum absolute atomic E-state index is 0.210. The van der Waals surface area contributed by atoms with Crippen LogP contribution in [0, 0.1) is 0 Å². The van der Waals surface area contributed by atoms with Crippen LogP contribution >= 0.6 is 0 Å². The Morgan fingerprint density at radius 3 is 2.10 bits per heavy atom. The van der Waals surface area contributed by atoms with E-state index >= 15 is 0 Å². The summed E-state index contributed by atoms with van der Waals surface area (Å²) in [6.07, 6.45) is 0. The van der Waals surface area contributed by atoms with Gasteiger partial charge in [-0.2, -0.15) is 0 Å². The van der Waals surface area contributed by atoms with Crippen LogP contribution in [-0.2, 0) is 9.59 Å². The zero-order chi connectivity index (χ0) is 21.1. The van der Waals surface area contributed by atoms with Gasteiger partial charge < -0.3 is 14.8 Å². The Morgan fingerprint density at radius 1 is 0.733 bits per heavy atom. The summed E-state index contributed by atoms with van der Waals surface area (Å²) in [5, 5.41) is 3.13. The molecule has 1 aliphatic heterocycles. The van der Waals surface area contributed by atoms with Crippen LogP contribution in [0.25, 0.3) is 5.57 Å². The second-order valence-electron chi connectivity index (χ2n) is 6.62. The van der Waals surface area contributed by atoms with Crippen LogP contribution in [0.5, 0.6) is 11.5 Å². The van der Waals surface area contributed by atoms with E-state index in [9.17, 15) is 9.59 Å². The van der Waals surface area contributed by atoms with Crippen LogP contribution < -0.4 is 19.7 Å². The molecule has 6 nitrogen and oxygen atoms in total. The molecule has 0 aliphatic carbocycles. The fourth-order valence-corrected chi connectivity index (χ4v) is 3.33. The molecule has 0 bridgehead atoms. The van der Waals surface area contributed by atoms with E-state index in [0.29, 0.717) is 34.0 Å². The molecule has 0 unspecified atom stereocenters. The van der Waals surface area contributed by atoms with Crippen molar-refractivity contribution in [3.05, 3.63) is 90.1 Å². The number of carbonyl (C=O) groups excluding carboxylic acids is 2. The molecule has 1 heterocycles. The van der Waals surface area contributed by atoms with E-state index in [2.05, 4.69) is 5.32 Å². The highest BCUT2D eigenvalue weighted by Crippen LogP contribution is 2.34. The molecule has 4 rings (SSSR count). The molecule has 30 heavy (non-hydrogen) atoms. The third kappa shape index (κ3) is 3.51. The molecule has 0 saturated carbocycles. The van der Waals surface area contributed by atoms with E-state index in [1.807, 2.05) is 24.3 Å². The minimum atomic E-state index is -0.417. The zero-order valence-corrected chi connectivity index (χ0v) is 16.6. The van der Waals surface area contributed by atoms with Crippen molar-refractivity contribution in [3.63, 3.8) is 0 Å². The summed E-state index contributed by atoms with van der Waals surface area (Å²) in [7, 11) is 3.15. The number of benzene rings is 3. The number of rotatable bonds is 6. The summed E-state index contributed by atoms with van der Waals surface area (Å²) in [4.78, 5) is 27.8. The standard InChI is InChI=1S/C24H20N2O4/c1-29-19-13-11-16(12-14-19)21-22(25-17-7-6-10-20(15-17)30-2)24(28)26(23(21)27)18-8-4-3-5-9-18/h3-15,25H,1-2H3. The second-order valence-corrected chi connectivity index (χ2v) is 6.62. The Labute approximate surface area is 174 Å². The van der Waals surface area contributed by atoms with Crippen molar-refractivity contribution in [3.8, 4) is 11.5 Å². The number of methoxy groups -OCH3 is 2. The molecular formula is C24H20N2O4. The van der Waals surface area contributed by atoms with Crippen LogP contribution in [0.3, 0.4) is 0 Å². The molecular weight excluding hydrogens is 380 g/mol. The van der Waals surface area contributed by atoms with Crippen molar-refractivity contribution < 1.29 is 19.1 Å². The summed E-state index contributed by atoms with van der Waals surface area (Å²) >= 11 is 0. The molecule has 0 radical (unpaired) electrons. The number of hydrogen-bond acceptors (Lipinski definition) is 5. The number of ether oxygens (including phenoxy) is 2. The lowest BCUT2D eigenvalue weighted by Crippen LogP contribution is -2.32. The largest absolute Gasteiger partial charge is 0.497 e. The summed E-state index contributed by atoms with van der Waals surface area (Å²) < 4.78 is 10.5. The van der Waals surface area contributed by atoms with Gasteiger partial charge in [0.15, 0.2) is 0 Å². The quantitative estimate of drug-likeness (QED) is 0.631. The van der Waals surface area contributed by atoms with Gasteiger partial charge in [-0.3, -0.25) is 9.59 Å². The zero-order valence-electron chi connectivity index (χ0n) is 16.6. The Kier molecular flexibility index (Phi) is 5.22. The smallest absolute Gasteiger partial charge is 0.282 e. The van der Waals surface area contributed by atoms with Crippen molar-refractivity contribution >= 4 is 28.8 Å². The van der Waals surface area contributed by atoms with Gasteiger partial charge in [0.2, 0.25) is 0 Å². The van der Waals surface area contributed by atoms with Crippen molar-refractivity contribution in [2.45, 2.75) is 0 Å². The molecule has 3 aromatic carbocycles. The first-order valence-corrected chi connectivity index (χ1v) is 9.36. The highest BCUT2D eigenvalue weighted by Gasteiger charge is 2.40. The van der Waals surface area contributed by atoms with Crippen LogP contribution in [-0.4, -0.2) is 26.0 Å². The van der Waals surface area contributed by atoms with E-state index in [0.717, 1.165) is 0 Å². The molecule has 1 aliphatic rings. The second kappa shape index (κ2) is 8.13. The number of anilines is 2. The van der Waals surface area contributed by atoms with E-state index in [-0.39, 0.29) is 11.6 Å². The SMILES string of the molecule is COc1ccc(C2=C(Nc3cccc(OC)c3)C(=O)N(c3ccccc3)C2=O)cc1. The van der Waals surface area contributed by atoms with Crippen molar-refractivity contribution in [1.82, 2.24) is 0 Å². The van der Waals surface area contributed by atoms with Crippen molar-refractivity contribution in [2.24, 2.45) is 0 Å². The van der Waals surface area contributed by atoms with Gasteiger partial charge in [-0.1, -0.05) is 36.4 Å². The molecule has 0 saturated heterocycles. The van der Waals surface area contributed by atoms with E-state index < -0.39 is 5.91 Å². The Morgan fingerprint density at radius 2 is 1.43 bits per heavy atom. The molecule has 1 N–H and O–H groups in total. The minimum Gasteiger partial charge on any atom is -0.497 e. The van der Waals surface area contributed by atoms with Crippen LogP contribution in [0.2, 0.25) is 0 Å². The third-order valence-electron chi connectivity index (χ3n) is 4.82. The molecule has 0 fully saturated rings. The Balaban J connectivity index is 1.80. The maximum Gasteiger partial charge on any atom is 0.282 e. The van der Waals surface area contributed by atoms with Gasteiger partial charge in [0, 0.05) is 11.8 Å². The molecule has 3 aromatic rings. The first-order chi connectivity index (χ1) is 14.6. The average molecular weight is 400 g/mol. The van der Waals surface area contributed by atoms with Crippen molar-refractivity contribution in [2.75, 3.05) is 24.4 Å². The molecule has 150 valence electrons. The average Bonchev–Trinajstić information content (AvgIpc) is 3.03. The molecule has 6 heteroatoms. The lowest BCUT2D eigenvalue weighted by Gasteiger charge is -2.15. The van der Waals surface area contributed by atoms with Crippen molar-refractivity contribution in [1.29, 1.82) is 0 Å². The predicted octanol–water partition coefficient (Wildman–Crippen LogP) is 4.10. The topological polar surface area (TPSA) is 67.9 Å². The third-order valence-corrected chi connectivity index (χ3v) is 4.82. The van der Waals surface area contributed by atoms with E-state index in [4.69, 9.17) is 9.47 Å². The predicted molar refractivity (Wildman–Crippen MR) is 115 cm³/mol. The van der Waals surface area contributed by atoms with E-state index in [1.165, 1.54) is 4.90 Å². The number of carbonyl (C=O) groups is 2. The Bertz CT molecular complexity index is 1120. The van der Waals surface area contributed by atoms with Gasteiger partial charge in [0.05, 0.1) is 25.5 Å². The highest BCUT2D eigenvalue weighted by molar-refractivity contribution is 6.46. The van der Waals surface area contributed by atoms with Gasteiger partial charge in [-0.15, -0.1) is 0 Å². The number of imide groups is 1. The number of nitrogens with one attached hydrogen (secondary N) is 1. The Hall–Kier alpha value is -4.06. The highest BCUT2D eigenvalue weighted by atomic mass is 16.5. The van der Waals surface area contributed by atoms with Gasteiger partial charge in [-0.05, 0) is 42.0 Å². The van der Waals surface area contributed by atoms with Gasteiger partial charge in [0.25, 0.3) is 11.8 Å². The van der Waals surface area contributed by atoms with Crippen LogP contribution in [0.15, 0.2) is 84.6 Å². The number of nitrogens with zero attached hydrogens (tertiary/aromatic N) is 1. The summed E-state index contributed by atoms with van der Waals surface area (Å²) in [5.41, 5.74) is 2.29. The maximum atomic E-state index is 13.3. The number of para-hydroxylation sites is 1. The summed E-state index contributed by atoms with van der Waals surface area (Å²) in [5.74, 6) is 0.503. The summed E-state index contributed by atoms with van der Waals surface area (Å²) in [6.45, 7) is 0. The monoisotopic (exact) mass is 400 g/mol. The van der Waals surface area contributed by atoms with Gasteiger partial charge >= 0.3 is 0 Å². The van der Waals surface area contributed by atoms with Crippen LogP contribution in [0.1, 0.15) is 5.56 Å². The van der Waals surface area contributed by atoms with Gasteiger partial charge in [0.1, 0.15) is 17.2 Å². The van der Waals surface area contributed by atoms with Crippen LogP contribution in [0.4, 0.5) is 11.4 Å².